The first-order valence-electron chi connectivity index (χ1n) is 6.67. The van der Waals surface area contributed by atoms with Gasteiger partial charge in [-0.3, -0.25) is 0 Å². The smallest absolute Gasteiger partial charge is 0.140 e. The highest BCUT2D eigenvalue weighted by molar-refractivity contribution is 5.47. The Balaban J connectivity index is 1.85. The second-order valence-electron chi connectivity index (χ2n) is 4.98. The minimum absolute atomic E-state index is 0.101. The monoisotopic (exact) mass is 267 g/mol. The fraction of sp³-hybridized carbons (Fsp3) is 0.250. The number of rotatable bonds is 2. The van der Waals surface area contributed by atoms with E-state index < -0.39 is 0 Å². The molecule has 4 heteroatoms. The Morgan fingerprint density at radius 2 is 2.20 bits per heavy atom. The molecule has 0 amide bonds. The molecule has 100 valence electrons. The van der Waals surface area contributed by atoms with Crippen molar-refractivity contribution in [1.82, 2.24) is 4.98 Å². The topological polar surface area (TPSA) is 48.7 Å². The molecule has 1 aromatic heterocycles. The van der Waals surface area contributed by atoms with Crippen LogP contribution in [0, 0.1) is 17.1 Å². The van der Waals surface area contributed by atoms with Crippen LogP contribution in [0.3, 0.4) is 0 Å². The van der Waals surface area contributed by atoms with Crippen molar-refractivity contribution in [2.75, 3.05) is 5.32 Å². The van der Waals surface area contributed by atoms with Crippen molar-refractivity contribution >= 4 is 5.69 Å². The fourth-order valence-electron chi connectivity index (χ4n) is 2.67. The van der Waals surface area contributed by atoms with Crippen molar-refractivity contribution < 1.29 is 4.39 Å². The van der Waals surface area contributed by atoms with E-state index in [1.54, 1.807) is 18.3 Å². The van der Waals surface area contributed by atoms with Crippen LogP contribution in [-0.2, 0) is 6.42 Å². The van der Waals surface area contributed by atoms with Crippen molar-refractivity contribution in [2.45, 2.75) is 25.3 Å². The molecule has 0 radical (unpaired) electrons. The second-order valence-corrected chi connectivity index (χ2v) is 4.98. The van der Waals surface area contributed by atoms with Crippen LogP contribution >= 0.6 is 0 Å². The maximum absolute atomic E-state index is 13.4. The summed E-state index contributed by atoms with van der Waals surface area (Å²) in [6, 6.07) is 10.6. The molecule has 0 aliphatic heterocycles. The second kappa shape index (κ2) is 5.30. The molecule has 1 atom stereocenters. The van der Waals surface area contributed by atoms with E-state index in [2.05, 4.69) is 10.3 Å². The standard InChI is InChI=1S/C16H14FN3/c17-12-5-4-11-2-1-3-16(15(11)8-12)20-14-7-6-13(9-18)19-10-14/h4-8,10,16,20H,1-3H2. The average Bonchev–Trinajstić information content (AvgIpc) is 2.49. The van der Waals surface area contributed by atoms with E-state index in [9.17, 15) is 4.39 Å². The molecule has 1 unspecified atom stereocenters. The van der Waals surface area contributed by atoms with E-state index in [0.29, 0.717) is 5.69 Å². The number of anilines is 1. The van der Waals surface area contributed by atoms with Crippen LogP contribution in [0.5, 0.6) is 0 Å². The van der Waals surface area contributed by atoms with Gasteiger partial charge in [0.25, 0.3) is 0 Å². The minimum atomic E-state index is -0.199. The Morgan fingerprint density at radius 1 is 1.30 bits per heavy atom. The number of nitrogens with zero attached hydrogens (tertiary/aromatic N) is 2. The third-order valence-electron chi connectivity index (χ3n) is 3.64. The lowest BCUT2D eigenvalue weighted by Crippen LogP contribution is -2.17. The number of pyridine rings is 1. The maximum atomic E-state index is 13.4. The number of nitrogens with one attached hydrogen (secondary N) is 1. The molecule has 0 spiro atoms. The molecule has 3 nitrogen and oxygen atoms in total. The van der Waals surface area contributed by atoms with E-state index in [0.717, 1.165) is 30.5 Å². The highest BCUT2D eigenvalue weighted by Crippen LogP contribution is 2.32. The molecule has 3 rings (SSSR count). The number of halogens is 1. The lowest BCUT2D eigenvalue weighted by molar-refractivity contribution is 0.580. The minimum Gasteiger partial charge on any atom is -0.377 e. The lowest BCUT2D eigenvalue weighted by Gasteiger charge is -2.27. The summed E-state index contributed by atoms with van der Waals surface area (Å²) in [4.78, 5) is 4.04. The van der Waals surface area contributed by atoms with Crippen molar-refractivity contribution in [1.29, 1.82) is 5.26 Å². The van der Waals surface area contributed by atoms with Crippen LogP contribution in [0.4, 0.5) is 10.1 Å². The van der Waals surface area contributed by atoms with Crippen LogP contribution < -0.4 is 5.32 Å². The van der Waals surface area contributed by atoms with Gasteiger partial charge in [-0.1, -0.05) is 6.07 Å². The molecule has 1 heterocycles. The van der Waals surface area contributed by atoms with Crippen LogP contribution in [0.25, 0.3) is 0 Å². The van der Waals surface area contributed by atoms with Gasteiger partial charge < -0.3 is 5.32 Å². The number of aryl methyl sites for hydroxylation is 1. The number of benzene rings is 1. The maximum Gasteiger partial charge on any atom is 0.140 e. The summed E-state index contributed by atoms with van der Waals surface area (Å²) in [7, 11) is 0. The Labute approximate surface area is 117 Å². The van der Waals surface area contributed by atoms with Gasteiger partial charge in [0.2, 0.25) is 0 Å². The van der Waals surface area contributed by atoms with Crippen molar-refractivity contribution in [3.8, 4) is 6.07 Å². The quantitative estimate of drug-likeness (QED) is 0.904. The highest BCUT2D eigenvalue weighted by atomic mass is 19.1. The predicted molar refractivity (Wildman–Crippen MR) is 74.7 cm³/mol. The summed E-state index contributed by atoms with van der Waals surface area (Å²) >= 11 is 0. The van der Waals surface area contributed by atoms with Gasteiger partial charge in [-0.2, -0.15) is 5.26 Å². The molecule has 1 aliphatic carbocycles. The first-order chi connectivity index (χ1) is 9.76. The zero-order valence-electron chi connectivity index (χ0n) is 10.9. The molecule has 0 fully saturated rings. The van der Waals surface area contributed by atoms with Gasteiger partial charge in [-0.25, -0.2) is 9.37 Å². The summed E-state index contributed by atoms with van der Waals surface area (Å²) < 4.78 is 13.4. The Kier molecular flexibility index (Phi) is 3.34. The van der Waals surface area contributed by atoms with Gasteiger partial charge in [-0.15, -0.1) is 0 Å². The zero-order chi connectivity index (χ0) is 13.9. The normalized spacial score (nSPS) is 17.1. The molecule has 1 aliphatic rings. The lowest BCUT2D eigenvalue weighted by atomic mass is 9.87. The predicted octanol–water partition coefficient (Wildman–Crippen LogP) is 3.58. The van der Waals surface area contributed by atoms with Crippen molar-refractivity contribution in [3.05, 3.63) is 59.2 Å². The number of fused-ring (bicyclic) bond motifs is 1. The molecule has 2 aromatic rings. The summed E-state index contributed by atoms with van der Waals surface area (Å²) in [5, 5.41) is 12.1. The van der Waals surface area contributed by atoms with Gasteiger partial charge in [0.05, 0.1) is 17.9 Å². The fourth-order valence-corrected chi connectivity index (χ4v) is 2.67. The zero-order valence-corrected chi connectivity index (χ0v) is 10.9. The molecule has 1 aromatic carbocycles. The molecule has 20 heavy (non-hydrogen) atoms. The van der Waals surface area contributed by atoms with E-state index >= 15 is 0 Å². The number of aromatic nitrogens is 1. The SMILES string of the molecule is N#Cc1ccc(NC2CCCc3ccc(F)cc32)cn1. The molecular formula is C16H14FN3. The van der Waals surface area contributed by atoms with Gasteiger partial charge >= 0.3 is 0 Å². The highest BCUT2D eigenvalue weighted by Gasteiger charge is 2.20. The van der Waals surface area contributed by atoms with E-state index in [1.165, 1.54) is 11.6 Å². The number of hydrogen-bond acceptors (Lipinski definition) is 3. The van der Waals surface area contributed by atoms with Crippen molar-refractivity contribution in [2.24, 2.45) is 0 Å². The van der Waals surface area contributed by atoms with E-state index in [1.807, 2.05) is 18.2 Å². The first kappa shape index (κ1) is 12.6. The first-order valence-corrected chi connectivity index (χ1v) is 6.67. The van der Waals surface area contributed by atoms with Crippen LogP contribution in [0.2, 0.25) is 0 Å². The largest absolute Gasteiger partial charge is 0.377 e. The van der Waals surface area contributed by atoms with Crippen LogP contribution in [0.15, 0.2) is 36.5 Å². The molecular weight excluding hydrogens is 253 g/mol. The van der Waals surface area contributed by atoms with Crippen molar-refractivity contribution in [3.63, 3.8) is 0 Å². The third kappa shape index (κ3) is 2.48. The number of hydrogen-bond donors (Lipinski definition) is 1. The van der Waals surface area contributed by atoms with Gasteiger partial charge in [0, 0.05) is 0 Å². The molecule has 1 N–H and O–H groups in total. The number of nitriles is 1. The summed E-state index contributed by atoms with van der Waals surface area (Å²) in [5.41, 5.74) is 3.48. The summed E-state index contributed by atoms with van der Waals surface area (Å²) in [5.74, 6) is -0.199. The Bertz CT molecular complexity index is 658. The summed E-state index contributed by atoms with van der Waals surface area (Å²) in [6.45, 7) is 0. The Morgan fingerprint density at radius 3 is 2.95 bits per heavy atom. The van der Waals surface area contributed by atoms with Gasteiger partial charge in [0.1, 0.15) is 17.6 Å². The van der Waals surface area contributed by atoms with Gasteiger partial charge in [-0.05, 0) is 54.7 Å². The van der Waals surface area contributed by atoms with Crippen LogP contribution in [0.1, 0.15) is 35.7 Å². The van der Waals surface area contributed by atoms with Gasteiger partial charge in [0.15, 0.2) is 0 Å². The average molecular weight is 267 g/mol. The van der Waals surface area contributed by atoms with Crippen LogP contribution in [-0.4, -0.2) is 4.98 Å². The van der Waals surface area contributed by atoms with E-state index in [4.69, 9.17) is 5.26 Å². The molecule has 0 bridgehead atoms. The Hall–Kier alpha value is -2.41. The molecule has 0 saturated carbocycles. The third-order valence-corrected chi connectivity index (χ3v) is 3.64. The molecule has 0 saturated heterocycles. The van der Waals surface area contributed by atoms with E-state index in [-0.39, 0.29) is 11.9 Å². The summed E-state index contributed by atoms with van der Waals surface area (Å²) in [6.07, 6.45) is 4.70.